The van der Waals surface area contributed by atoms with Crippen molar-refractivity contribution in [2.24, 2.45) is 5.10 Å². The van der Waals surface area contributed by atoms with Gasteiger partial charge in [0.25, 0.3) is 5.91 Å². The molecular formula is C16H22BrN3O5. The average molecular weight is 416 g/mol. The summed E-state index contributed by atoms with van der Waals surface area (Å²) in [7, 11) is 3.31. The number of nitrogens with zero attached hydrogens (tertiary/aromatic N) is 2. The molecule has 0 unspecified atom stereocenters. The van der Waals surface area contributed by atoms with Gasteiger partial charge in [-0.2, -0.15) is 5.10 Å². The Hall–Kier alpha value is -2.29. The molecule has 25 heavy (non-hydrogen) atoms. The first-order valence-corrected chi connectivity index (χ1v) is 8.43. The van der Waals surface area contributed by atoms with Crippen LogP contribution < -0.4 is 14.9 Å². The van der Waals surface area contributed by atoms with Gasteiger partial charge in [0.15, 0.2) is 18.1 Å². The molecule has 0 radical (unpaired) electrons. The van der Waals surface area contributed by atoms with Crippen molar-refractivity contribution in [1.82, 2.24) is 10.3 Å². The van der Waals surface area contributed by atoms with E-state index < -0.39 is 6.09 Å². The Labute approximate surface area is 155 Å². The molecule has 0 saturated carbocycles. The first-order valence-electron chi connectivity index (χ1n) is 7.64. The molecule has 0 heterocycles. The van der Waals surface area contributed by atoms with Crippen molar-refractivity contribution >= 4 is 34.1 Å². The number of rotatable bonds is 8. The van der Waals surface area contributed by atoms with Crippen molar-refractivity contribution in [1.29, 1.82) is 0 Å². The highest BCUT2D eigenvalue weighted by Crippen LogP contribution is 2.36. The fourth-order valence-electron chi connectivity index (χ4n) is 1.65. The number of carbonyl (C=O) groups excluding carboxylic acids is 2. The van der Waals surface area contributed by atoms with Gasteiger partial charge in [-0.25, -0.2) is 10.2 Å². The molecule has 0 bridgehead atoms. The Bertz CT molecular complexity index is 634. The van der Waals surface area contributed by atoms with Crippen LogP contribution in [0.25, 0.3) is 0 Å². The molecule has 0 aliphatic heterocycles. The van der Waals surface area contributed by atoms with Gasteiger partial charge in [-0.1, -0.05) is 0 Å². The number of hydrazone groups is 1. The number of benzene rings is 1. The summed E-state index contributed by atoms with van der Waals surface area (Å²) in [5.74, 6) is 0.715. The lowest BCUT2D eigenvalue weighted by Crippen LogP contribution is -2.27. The molecule has 0 aromatic heterocycles. The summed E-state index contributed by atoms with van der Waals surface area (Å²) in [6.45, 7) is 4.12. The Morgan fingerprint density at radius 2 is 1.96 bits per heavy atom. The zero-order valence-electron chi connectivity index (χ0n) is 14.7. The van der Waals surface area contributed by atoms with E-state index in [1.54, 1.807) is 33.2 Å². The number of likely N-dealkylation sites (N-methyl/N-ethyl adjacent to an activating group) is 1. The Kier molecular flexibility index (Phi) is 8.76. The van der Waals surface area contributed by atoms with Crippen molar-refractivity contribution in [3.8, 4) is 11.5 Å². The summed E-state index contributed by atoms with van der Waals surface area (Å²) >= 11 is 3.40. The van der Waals surface area contributed by atoms with Crippen LogP contribution in [0.1, 0.15) is 19.4 Å². The van der Waals surface area contributed by atoms with Crippen LogP contribution in [0.3, 0.4) is 0 Å². The molecule has 2 amide bonds. The maximum Gasteiger partial charge on any atom is 0.427 e. The van der Waals surface area contributed by atoms with E-state index in [2.05, 4.69) is 26.5 Å². The average Bonchev–Trinajstić information content (AvgIpc) is 2.54. The topological polar surface area (TPSA) is 89.5 Å². The molecule has 138 valence electrons. The monoisotopic (exact) mass is 415 g/mol. The fraction of sp³-hybridized carbons (Fsp3) is 0.438. The van der Waals surface area contributed by atoms with Crippen LogP contribution in [0.4, 0.5) is 4.79 Å². The highest BCUT2D eigenvalue weighted by atomic mass is 79.9. The van der Waals surface area contributed by atoms with Gasteiger partial charge in [0.05, 0.1) is 23.9 Å². The minimum absolute atomic E-state index is 0.108. The predicted molar refractivity (Wildman–Crippen MR) is 97.3 cm³/mol. The van der Waals surface area contributed by atoms with Crippen LogP contribution in [0.2, 0.25) is 0 Å². The van der Waals surface area contributed by atoms with E-state index in [0.29, 0.717) is 28.1 Å². The number of amides is 2. The first kappa shape index (κ1) is 20.8. The summed E-state index contributed by atoms with van der Waals surface area (Å²) in [6, 6.07) is 3.42. The largest absolute Gasteiger partial charge is 0.490 e. The Morgan fingerprint density at radius 1 is 1.24 bits per heavy atom. The standard InChI is InChI=1S/C16H22BrN3O5/c1-5-23-13-8-11(9-18-19-16(22)24-6-2)7-12(17)15(13)25-10-14(21)20(3)4/h7-9H,5-6,10H2,1-4H3,(H,19,22)/b18-9+. The molecule has 1 N–H and O–H groups in total. The van der Waals surface area contributed by atoms with Crippen molar-refractivity contribution in [2.45, 2.75) is 13.8 Å². The Balaban J connectivity index is 2.92. The second-order valence-corrected chi connectivity index (χ2v) is 5.78. The van der Waals surface area contributed by atoms with Crippen LogP contribution in [-0.4, -0.2) is 57.0 Å². The van der Waals surface area contributed by atoms with Gasteiger partial charge < -0.3 is 19.1 Å². The van der Waals surface area contributed by atoms with Crippen LogP contribution in [0.5, 0.6) is 11.5 Å². The summed E-state index contributed by atoms with van der Waals surface area (Å²) < 4.78 is 16.4. The highest BCUT2D eigenvalue weighted by molar-refractivity contribution is 9.10. The van der Waals surface area contributed by atoms with Crippen LogP contribution in [0.15, 0.2) is 21.7 Å². The summed E-state index contributed by atoms with van der Waals surface area (Å²) in [6.07, 6.45) is 0.809. The second-order valence-electron chi connectivity index (χ2n) is 4.93. The minimum atomic E-state index is -0.634. The first-order chi connectivity index (χ1) is 11.9. The van der Waals surface area contributed by atoms with Gasteiger partial charge >= 0.3 is 6.09 Å². The maximum atomic E-state index is 11.7. The van der Waals surface area contributed by atoms with E-state index in [-0.39, 0.29) is 19.1 Å². The predicted octanol–water partition coefficient (Wildman–Crippen LogP) is 2.39. The number of hydrogen-bond acceptors (Lipinski definition) is 6. The molecule has 1 aromatic rings. The molecule has 8 nitrogen and oxygen atoms in total. The zero-order chi connectivity index (χ0) is 18.8. The van der Waals surface area contributed by atoms with E-state index in [4.69, 9.17) is 14.2 Å². The lowest BCUT2D eigenvalue weighted by Gasteiger charge is -2.16. The van der Waals surface area contributed by atoms with Crippen LogP contribution in [-0.2, 0) is 9.53 Å². The molecule has 1 aromatic carbocycles. The van der Waals surface area contributed by atoms with Crippen LogP contribution in [0, 0.1) is 0 Å². The molecule has 0 atom stereocenters. The molecule has 0 aliphatic rings. The van der Waals surface area contributed by atoms with Crippen molar-refractivity contribution < 1.29 is 23.8 Å². The molecule has 9 heteroatoms. The number of hydrogen-bond donors (Lipinski definition) is 1. The van der Waals surface area contributed by atoms with Gasteiger partial charge in [0.1, 0.15) is 0 Å². The van der Waals surface area contributed by atoms with E-state index in [0.717, 1.165) is 0 Å². The molecular weight excluding hydrogens is 394 g/mol. The SMILES string of the molecule is CCOC(=O)N/N=C/c1cc(Br)c(OCC(=O)N(C)C)c(OCC)c1. The third-order valence-electron chi connectivity index (χ3n) is 2.82. The third kappa shape index (κ3) is 7.00. The van der Waals surface area contributed by atoms with Crippen LogP contribution >= 0.6 is 15.9 Å². The van der Waals surface area contributed by atoms with E-state index in [1.807, 2.05) is 6.92 Å². The van der Waals surface area contributed by atoms with Gasteiger partial charge in [0.2, 0.25) is 0 Å². The summed E-state index contributed by atoms with van der Waals surface area (Å²) in [4.78, 5) is 24.3. The molecule has 0 fully saturated rings. The highest BCUT2D eigenvalue weighted by Gasteiger charge is 2.14. The van der Waals surface area contributed by atoms with Crippen molar-refractivity contribution in [2.75, 3.05) is 33.9 Å². The second kappa shape index (κ2) is 10.5. The number of carbonyl (C=O) groups is 2. The van der Waals surface area contributed by atoms with Crippen molar-refractivity contribution in [3.63, 3.8) is 0 Å². The number of halogens is 1. The molecule has 0 saturated heterocycles. The summed E-state index contributed by atoms with van der Waals surface area (Å²) in [5, 5.41) is 3.80. The number of ether oxygens (including phenoxy) is 3. The van der Waals surface area contributed by atoms with E-state index >= 15 is 0 Å². The smallest absolute Gasteiger partial charge is 0.427 e. The summed E-state index contributed by atoms with van der Waals surface area (Å²) in [5.41, 5.74) is 2.91. The zero-order valence-corrected chi connectivity index (χ0v) is 16.3. The quantitative estimate of drug-likeness (QED) is 0.519. The lowest BCUT2D eigenvalue weighted by atomic mass is 10.2. The lowest BCUT2D eigenvalue weighted by molar-refractivity contribution is -0.130. The van der Waals surface area contributed by atoms with E-state index in [1.165, 1.54) is 11.1 Å². The molecule has 0 spiro atoms. The third-order valence-corrected chi connectivity index (χ3v) is 3.40. The van der Waals surface area contributed by atoms with Gasteiger partial charge in [-0.05, 0) is 47.5 Å². The van der Waals surface area contributed by atoms with Crippen molar-refractivity contribution in [3.05, 3.63) is 22.2 Å². The Morgan fingerprint density at radius 3 is 2.56 bits per heavy atom. The van der Waals surface area contributed by atoms with Gasteiger partial charge in [-0.3, -0.25) is 4.79 Å². The molecule has 0 aliphatic carbocycles. The van der Waals surface area contributed by atoms with E-state index in [9.17, 15) is 9.59 Å². The van der Waals surface area contributed by atoms with Gasteiger partial charge in [-0.15, -0.1) is 0 Å². The maximum absolute atomic E-state index is 11.7. The minimum Gasteiger partial charge on any atom is -0.490 e. The fourth-order valence-corrected chi connectivity index (χ4v) is 2.23. The van der Waals surface area contributed by atoms with Gasteiger partial charge in [0, 0.05) is 14.1 Å². The molecule has 1 rings (SSSR count). The normalized spacial score (nSPS) is 10.4. The number of nitrogens with one attached hydrogen (secondary N) is 1.